The molecule has 4 N–H and O–H groups in total. The SMILES string of the molecule is COC(=O)Nc1nc2ccc(C(=O)c3ccc(O)cc3O)cc2[nH]1. The molecule has 0 bridgehead atoms. The molecular formula is C16H13N3O5. The molecule has 3 aromatic rings. The summed E-state index contributed by atoms with van der Waals surface area (Å²) in [6.45, 7) is 0. The number of hydrogen-bond donors (Lipinski definition) is 4. The first-order chi connectivity index (χ1) is 11.5. The van der Waals surface area contributed by atoms with E-state index in [1.807, 2.05) is 0 Å². The lowest BCUT2D eigenvalue weighted by Gasteiger charge is -2.04. The maximum Gasteiger partial charge on any atom is 0.413 e. The number of carbonyl (C=O) groups excluding carboxylic acids is 2. The number of H-pyrrole nitrogens is 1. The van der Waals surface area contributed by atoms with Crippen LogP contribution in [0.15, 0.2) is 36.4 Å². The van der Waals surface area contributed by atoms with Gasteiger partial charge in [0, 0.05) is 11.6 Å². The number of carbonyl (C=O) groups is 2. The number of fused-ring (bicyclic) bond motifs is 1. The molecule has 0 saturated heterocycles. The Hall–Kier alpha value is -3.55. The van der Waals surface area contributed by atoms with Gasteiger partial charge in [0.25, 0.3) is 0 Å². The van der Waals surface area contributed by atoms with Crippen LogP contribution >= 0.6 is 0 Å². The second-order valence-electron chi connectivity index (χ2n) is 4.96. The Kier molecular flexibility index (Phi) is 3.78. The highest BCUT2D eigenvalue weighted by Gasteiger charge is 2.15. The number of imidazole rings is 1. The quantitative estimate of drug-likeness (QED) is 0.547. The van der Waals surface area contributed by atoms with Crippen LogP contribution in [0.3, 0.4) is 0 Å². The molecular weight excluding hydrogens is 314 g/mol. The van der Waals surface area contributed by atoms with Gasteiger partial charge in [-0.2, -0.15) is 0 Å². The van der Waals surface area contributed by atoms with E-state index in [0.717, 1.165) is 6.07 Å². The summed E-state index contributed by atoms with van der Waals surface area (Å²) >= 11 is 0. The van der Waals surface area contributed by atoms with Crippen LogP contribution in [-0.4, -0.2) is 39.2 Å². The van der Waals surface area contributed by atoms with E-state index in [-0.39, 0.29) is 23.0 Å². The van der Waals surface area contributed by atoms with E-state index in [0.29, 0.717) is 16.6 Å². The van der Waals surface area contributed by atoms with Crippen LogP contribution in [0.2, 0.25) is 0 Å². The maximum absolute atomic E-state index is 12.5. The summed E-state index contributed by atoms with van der Waals surface area (Å²) in [5, 5.41) is 21.5. The van der Waals surface area contributed by atoms with E-state index in [1.165, 1.54) is 19.2 Å². The lowest BCUT2D eigenvalue weighted by atomic mass is 10.0. The highest BCUT2D eigenvalue weighted by Crippen LogP contribution is 2.26. The van der Waals surface area contributed by atoms with Gasteiger partial charge in [0.05, 0.1) is 23.7 Å². The number of hydrogen-bond acceptors (Lipinski definition) is 6. The summed E-state index contributed by atoms with van der Waals surface area (Å²) in [7, 11) is 1.24. The van der Waals surface area contributed by atoms with Crippen LogP contribution in [-0.2, 0) is 4.74 Å². The average Bonchev–Trinajstić information content (AvgIpc) is 2.95. The Labute approximate surface area is 135 Å². The number of phenolic OH excluding ortho intramolecular Hbond substituents is 2. The summed E-state index contributed by atoms with van der Waals surface area (Å²) in [5.41, 5.74) is 1.47. The van der Waals surface area contributed by atoms with Crippen molar-refractivity contribution in [1.29, 1.82) is 0 Å². The first-order valence-corrected chi connectivity index (χ1v) is 6.89. The van der Waals surface area contributed by atoms with Gasteiger partial charge in [0.1, 0.15) is 11.5 Å². The van der Waals surface area contributed by atoms with Gasteiger partial charge in [-0.25, -0.2) is 9.78 Å². The summed E-state index contributed by atoms with van der Waals surface area (Å²) < 4.78 is 4.48. The van der Waals surface area contributed by atoms with Gasteiger partial charge in [-0.1, -0.05) is 0 Å². The number of methoxy groups -OCH3 is 1. The fourth-order valence-electron chi connectivity index (χ4n) is 2.23. The van der Waals surface area contributed by atoms with E-state index in [4.69, 9.17) is 0 Å². The Morgan fingerprint density at radius 3 is 2.67 bits per heavy atom. The molecule has 1 amide bonds. The van der Waals surface area contributed by atoms with Crippen molar-refractivity contribution in [3.8, 4) is 11.5 Å². The predicted molar refractivity (Wildman–Crippen MR) is 85.3 cm³/mol. The minimum absolute atomic E-state index is 0.0691. The minimum atomic E-state index is -0.667. The average molecular weight is 327 g/mol. The molecule has 122 valence electrons. The van der Waals surface area contributed by atoms with Gasteiger partial charge in [-0.3, -0.25) is 10.1 Å². The first-order valence-electron chi connectivity index (χ1n) is 6.89. The Morgan fingerprint density at radius 1 is 1.17 bits per heavy atom. The normalized spacial score (nSPS) is 10.5. The van der Waals surface area contributed by atoms with Gasteiger partial charge in [-0.15, -0.1) is 0 Å². The van der Waals surface area contributed by atoms with E-state index in [9.17, 15) is 19.8 Å². The minimum Gasteiger partial charge on any atom is -0.508 e. The van der Waals surface area contributed by atoms with Crippen molar-refractivity contribution in [2.24, 2.45) is 0 Å². The predicted octanol–water partition coefficient (Wildman–Crippen LogP) is 2.38. The van der Waals surface area contributed by atoms with Crippen LogP contribution in [0.1, 0.15) is 15.9 Å². The number of amides is 1. The number of anilines is 1. The third kappa shape index (κ3) is 2.84. The topological polar surface area (TPSA) is 125 Å². The molecule has 24 heavy (non-hydrogen) atoms. The van der Waals surface area contributed by atoms with Crippen molar-refractivity contribution in [2.75, 3.05) is 12.4 Å². The molecule has 0 atom stereocenters. The summed E-state index contributed by atoms with van der Waals surface area (Å²) in [6.07, 6.45) is -0.667. The van der Waals surface area contributed by atoms with Gasteiger partial charge in [0.2, 0.25) is 5.95 Å². The Balaban J connectivity index is 1.95. The van der Waals surface area contributed by atoms with Crippen LogP contribution in [0.4, 0.5) is 10.7 Å². The molecule has 0 aliphatic rings. The lowest BCUT2D eigenvalue weighted by molar-refractivity contribution is 0.103. The second kappa shape index (κ2) is 5.92. The number of ether oxygens (including phenoxy) is 1. The smallest absolute Gasteiger partial charge is 0.413 e. The number of aromatic hydroxyl groups is 2. The molecule has 1 aromatic heterocycles. The van der Waals surface area contributed by atoms with Crippen molar-refractivity contribution >= 4 is 28.9 Å². The highest BCUT2D eigenvalue weighted by molar-refractivity contribution is 6.12. The fraction of sp³-hybridized carbons (Fsp3) is 0.0625. The zero-order valence-electron chi connectivity index (χ0n) is 12.5. The number of rotatable bonds is 3. The molecule has 0 spiro atoms. The van der Waals surface area contributed by atoms with Gasteiger partial charge in [0.15, 0.2) is 5.78 Å². The monoisotopic (exact) mass is 327 g/mol. The lowest BCUT2D eigenvalue weighted by Crippen LogP contribution is -2.11. The van der Waals surface area contributed by atoms with Crippen LogP contribution in [0.25, 0.3) is 11.0 Å². The summed E-state index contributed by atoms with van der Waals surface area (Å²) in [5.74, 6) is -0.662. The van der Waals surface area contributed by atoms with Crippen molar-refractivity contribution < 1.29 is 24.5 Å². The van der Waals surface area contributed by atoms with E-state index in [2.05, 4.69) is 20.0 Å². The largest absolute Gasteiger partial charge is 0.508 e. The number of ketones is 1. The van der Waals surface area contributed by atoms with E-state index in [1.54, 1.807) is 18.2 Å². The molecule has 0 aliphatic heterocycles. The van der Waals surface area contributed by atoms with Gasteiger partial charge >= 0.3 is 6.09 Å². The summed E-state index contributed by atoms with van der Waals surface area (Å²) in [4.78, 5) is 30.7. The number of nitrogens with one attached hydrogen (secondary N) is 2. The molecule has 0 radical (unpaired) electrons. The van der Waals surface area contributed by atoms with Gasteiger partial charge in [-0.05, 0) is 30.3 Å². The van der Waals surface area contributed by atoms with Crippen LogP contribution < -0.4 is 5.32 Å². The Bertz CT molecular complexity index is 948. The highest BCUT2D eigenvalue weighted by atomic mass is 16.5. The third-order valence-electron chi connectivity index (χ3n) is 3.38. The van der Waals surface area contributed by atoms with Crippen LogP contribution in [0.5, 0.6) is 11.5 Å². The fourth-order valence-corrected chi connectivity index (χ4v) is 2.23. The summed E-state index contributed by atoms with van der Waals surface area (Å²) in [6, 6.07) is 8.48. The zero-order valence-corrected chi connectivity index (χ0v) is 12.5. The van der Waals surface area contributed by atoms with Crippen molar-refractivity contribution in [2.45, 2.75) is 0 Å². The molecule has 8 nitrogen and oxygen atoms in total. The first kappa shape index (κ1) is 15.3. The van der Waals surface area contributed by atoms with Crippen molar-refractivity contribution in [1.82, 2.24) is 9.97 Å². The number of aromatic amines is 1. The standard InChI is InChI=1S/C16H13N3O5/c1-24-16(23)19-15-17-11-5-2-8(6-12(11)18-15)14(22)10-4-3-9(20)7-13(10)21/h2-7,20-21H,1H3,(H2,17,18,19,23). The van der Waals surface area contributed by atoms with E-state index < -0.39 is 11.9 Å². The number of phenols is 2. The van der Waals surface area contributed by atoms with E-state index >= 15 is 0 Å². The van der Waals surface area contributed by atoms with Crippen molar-refractivity contribution in [3.63, 3.8) is 0 Å². The zero-order chi connectivity index (χ0) is 17.3. The third-order valence-corrected chi connectivity index (χ3v) is 3.38. The molecule has 0 unspecified atom stereocenters. The van der Waals surface area contributed by atoms with Crippen molar-refractivity contribution in [3.05, 3.63) is 47.5 Å². The number of nitrogens with zero attached hydrogens (tertiary/aromatic N) is 1. The molecule has 0 saturated carbocycles. The molecule has 3 rings (SSSR count). The molecule has 0 fully saturated rings. The molecule has 2 aromatic carbocycles. The van der Waals surface area contributed by atoms with Gasteiger partial charge < -0.3 is 19.9 Å². The number of aromatic nitrogens is 2. The molecule has 1 heterocycles. The number of benzene rings is 2. The molecule has 0 aliphatic carbocycles. The second-order valence-corrected chi connectivity index (χ2v) is 4.96. The maximum atomic E-state index is 12.5. The Morgan fingerprint density at radius 2 is 1.96 bits per heavy atom. The molecule has 8 heteroatoms. The van der Waals surface area contributed by atoms with Crippen LogP contribution in [0, 0.1) is 0 Å².